The Labute approximate surface area is 121 Å². The Hall–Kier alpha value is -0.870. The zero-order valence-electron chi connectivity index (χ0n) is 12.8. The van der Waals surface area contributed by atoms with Crippen molar-refractivity contribution in [1.29, 1.82) is 0 Å². The quantitative estimate of drug-likeness (QED) is 0.587. The largest absolute Gasteiger partial charge is 0.462 e. The highest BCUT2D eigenvalue weighted by Crippen LogP contribution is 2.46. The van der Waals surface area contributed by atoms with E-state index in [1.165, 1.54) is 0 Å². The summed E-state index contributed by atoms with van der Waals surface area (Å²) in [6, 6.07) is 0. The summed E-state index contributed by atoms with van der Waals surface area (Å²) in [6.45, 7) is 11.7. The highest BCUT2D eigenvalue weighted by Gasteiger charge is 2.43. The summed E-state index contributed by atoms with van der Waals surface area (Å²) in [6.07, 6.45) is 3.10. The topological polar surface area (TPSA) is 44.8 Å². The van der Waals surface area contributed by atoms with E-state index >= 15 is 0 Å². The molecule has 1 heterocycles. The highest BCUT2D eigenvalue weighted by molar-refractivity contribution is 5.86. The highest BCUT2D eigenvalue weighted by atomic mass is 16.7. The number of carbonyl (C=O) groups is 1. The Morgan fingerprint density at radius 2 is 1.95 bits per heavy atom. The lowest BCUT2D eigenvalue weighted by Gasteiger charge is -2.44. The maximum atomic E-state index is 11.5. The van der Waals surface area contributed by atoms with Gasteiger partial charge in [-0.25, -0.2) is 4.79 Å². The normalized spacial score (nSPS) is 30.1. The van der Waals surface area contributed by atoms with Gasteiger partial charge in [0.2, 0.25) is 0 Å². The molecule has 2 unspecified atom stereocenters. The van der Waals surface area contributed by atoms with E-state index in [1.54, 1.807) is 6.92 Å². The van der Waals surface area contributed by atoms with E-state index in [2.05, 4.69) is 20.4 Å². The molecule has 0 amide bonds. The van der Waals surface area contributed by atoms with Gasteiger partial charge >= 0.3 is 5.97 Å². The standard InChI is InChI=1S/C16H26O4/c1-11(2)14(17)20-10-12-5-6-13(16(3,4)9-12)15-18-7-8-19-15/h12-13,15H,1,5-10H2,2-4H3. The van der Waals surface area contributed by atoms with E-state index in [9.17, 15) is 4.79 Å². The van der Waals surface area contributed by atoms with Gasteiger partial charge in [-0.05, 0) is 37.5 Å². The van der Waals surface area contributed by atoms with Crippen LogP contribution in [0.4, 0.5) is 0 Å². The van der Waals surface area contributed by atoms with Crippen molar-refractivity contribution in [3.63, 3.8) is 0 Å². The summed E-state index contributed by atoms with van der Waals surface area (Å²) < 4.78 is 16.6. The zero-order chi connectivity index (χ0) is 14.8. The third-order valence-corrected chi connectivity index (χ3v) is 4.48. The van der Waals surface area contributed by atoms with E-state index in [4.69, 9.17) is 14.2 Å². The third-order valence-electron chi connectivity index (χ3n) is 4.48. The fourth-order valence-electron chi connectivity index (χ4n) is 3.38. The van der Waals surface area contributed by atoms with Crippen molar-refractivity contribution in [2.24, 2.45) is 17.3 Å². The lowest BCUT2D eigenvalue weighted by Crippen LogP contribution is -2.41. The first-order valence-electron chi connectivity index (χ1n) is 7.46. The monoisotopic (exact) mass is 282 g/mol. The molecular formula is C16H26O4. The van der Waals surface area contributed by atoms with Crippen molar-refractivity contribution in [3.05, 3.63) is 12.2 Å². The number of esters is 1. The molecule has 1 saturated carbocycles. The van der Waals surface area contributed by atoms with Crippen molar-refractivity contribution in [2.75, 3.05) is 19.8 Å². The fraction of sp³-hybridized carbons (Fsp3) is 0.812. The first-order valence-corrected chi connectivity index (χ1v) is 7.46. The first kappa shape index (κ1) is 15.5. The van der Waals surface area contributed by atoms with Crippen LogP contribution in [0.1, 0.15) is 40.0 Å². The van der Waals surface area contributed by atoms with Gasteiger partial charge in [0.25, 0.3) is 0 Å². The summed E-state index contributed by atoms with van der Waals surface area (Å²) in [5.74, 6) is 0.566. The molecule has 1 saturated heterocycles. The second-order valence-corrected chi connectivity index (χ2v) is 6.73. The van der Waals surface area contributed by atoms with Crippen LogP contribution in [-0.4, -0.2) is 32.1 Å². The number of rotatable bonds is 4. The SMILES string of the molecule is C=C(C)C(=O)OCC1CCC(C2OCCO2)C(C)(C)C1. The third kappa shape index (κ3) is 3.61. The molecule has 0 N–H and O–H groups in total. The molecule has 1 aliphatic heterocycles. The molecule has 0 spiro atoms. The van der Waals surface area contributed by atoms with E-state index in [0.717, 1.165) is 19.3 Å². The predicted molar refractivity (Wildman–Crippen MR) is 76.1 cm³/mol. The second kappa shape index (κ2) is 6.27. The van der Waals surface area contributed by atoms with Gasteiger partial charge in [-0.3, -0.25) is 0 Å². The van der Waals surface area contributed by atoms with Crippen LogP contribution in [0.2, 0.25) is 0 Å². The average Bonchev–Trinajstić information content (AvgIpc) is 2.88. The molecule has 0 aromatic rings. The molecule has 4 heteroatoms. The van der Waals surface area contributed by atoms with Crippen molar-refractivity contribution >= 4 is 5.97 Å². The van der Waals surface area contributed by atoms with Gasteiger partial charge in [-0.2, -0.15) is 0 Å². The maximum absolute atomic E-state index is 11.5. The molecule has 4 nitrogen and oxygen atoms in total. The summed E-state index contributed by atoms with van der Waals surface area (Å²) >= 11 is 0. The second-order valence-electron chi connectivity index (χ2n) is 6.73. The minimum Gasteiger partial charge on any atom is -0.462 e. The van der Waals surface area contributed by atoms with Crippen LogP contribution < -0.4 is 0 Å². The zero-order valence-corrected chi connectivity index (χ0v) is 12.8. The molecule has 0 aromatic carbocycles. The van der Waals surface area contributed by atoms with E-state index in [-0.39, 0.29) is 17.7 Å². The molecular weight excluding hydrogens is 256 g/mol. The van der Waals surface area contributed by atoms with E-state index in [0.29, 0.717) is 37.2 Å². The van der Waals surface area contributed by atoms with Gasteiger partial charge < -0.3 is 14.2 Å². The number of carbonyl (C=O) groups excluding carboxylic acids is 1. The lowest BCUT2D eigenvalue weighted by molar-refractivity contribution is -0.148. The molecule has 2 rings (SSSR count). The molecule has 1 aliphatic carbocycles. The summed E-state index contributed by atoms with van der Waals surface area (Å²) in [5.41, 5.74) is 0.610. The minimum absolute atomic E-state index is 0.0519. The van der Waals surface area contributed by atoms with Gasteiger partial charge in [0.1, 0.15) is 0 Å². The molecule has 114 valence electrons. The van der Waals surface area contributed by atoms with Gasteiger partial charge in [-0.1, -0.05) is 20.4 Å². The van der Waals surface area contributed by atoms with Gasteiger partial charge in [-0.15, -0.1) is 0 Å². The van der Waals surface area contributed by atoms with Crippen LogP contribution in [0.25, 0.3) is 0 Å². The predicted octanol–water partition coefficient (Wildman–Crippen LogP) is 2.92. The Morgan fingerprint density at radius 1 is 1.30 bits per heavy atom. The molecule has 0 bridgehead atoms. The summed E-state index contributed by atoms with van der Waals surface area (Å²) in [5, 5.41) is 0. The van der Waals surface area contributed by atoms with Gasteiger partial charge in [0, 0.05) is 11.5 Å². The van der Waals surface area contributed by atoms with E-state index in [1.807, 2.05) is 0 Å². The van der Waals surface area contributed by atoms with Crippen molar-refractivity contribution in [1.82, 2.24) is 0 Å². The Morgan fingerprint density at radius 3 is 2.50 bits per heavy atom. The molecule has 2 fully saturated rings. The first-order chi connectivity index (χ1) is 9.40. The van der Waals surface area contributed by atoms with E-state index < -0.39 is 0 Å². The Kier molecular flexibility index (Phi) is 4.86. The number of ether oxygens (including phenoxy) is 3. The molecule has 20 heavy (non-hydrogen) atoms. The Balaban J connectivity index is 1.86. The van der Waals surface area contributed by atoms with Crippen LogP contribution in [0.3, 0.4) is 0 Å². The van der Waals surface area contributed by atoms with Gasteiger partial charge in [0.15, 0.2) is 6.29 Å². The van der Waals surface area contributed by atoms with Gasteiger partial charge in [0.05, 0.1) is 19.8 Å². The smallest absolute Gasteiger partial charge is 0.333 e. The summed E-state index contributed by atoms with van der Waals surface area (Å²) in [4.78, 5) is 11.5. The lowest BCUT2D eigenvalue weighted by atomic mass is 9.65. The molecule has 2 aliphatic rings. The average molecular weight is 282 g/mol. The minimum atomic E-state index is -0.285. The summed E-state index contributed by atoms with van der Waals surface area (Å²) in [7, 11) is 0. The van der Waals surface area contributed by atoms with Crippen molar-refractivity contribution in [2.45, 2.75) is 46.3 Å². The van der Waals surface area contributed by atoms with Crippen LogP contribution >= 0.6 is 0 Å². The van der Waals surface area contributed by atoms with Crippen LogP contribution in [-0.2, 0) is 19.0 Å². The molecule has 0 aromatic heterocycles. The molecule has 0 radical (unpaired) electrons. The molecule has 2 atom stereocenters. The van der Waals surface area contributed by atoms with Crippen LogP contribution in [0.5, 0.6) is 0 Å². The van der Waals surface area contributed by atoms with Crippen LogP contribution in [0, 0.1) is 17.3 Å². The van der Waals surface area contributed by atoms with Crippen molar-refractivity contribution in [3.8, 4) is 0 Å². The maximum Gasteiger partial charge on any atom is 0.333 e. The Bertz CT molecular complexity index is 369. The number of hydrogen-bond donors (Lipinski definition) is 0. The fourth-order valence-corrected chi connectivity index (χ4v) is 3.38. The number of hydrogen-bond acceptors (Lipinski definition) is 4. The van der Waals surface area contributed by atoms with Crippen LogP contribution in [0.15, 0.2) is 12.2 Å². The van der Waals surface area contributed by atoms with Crippen molar-refractivity contribution < 1.29 is 19.0 Å².